The Labute approximate surface area is 252 Å². The number of nitrogens with zero attached hydrogens (tertiary/aromatic N) is 3. The van der Waals surface area contributed by atoms with Gasteiger partial charge in [-0.3, -0.25) is 4.57 Å². The van der Waals surface area contributed by atoms with Gasteiger partial charge in [-0.15, -0.1) is 11.3 Å². The van der Waals surface area contributed by atoms with Crippen LogP contribution in [0, 0.1) is 6.92 Å². The SMILES string of the molecule is Cc1ccc2sc3c(ccc4c3c3c5ccccc5ccc3n4-c3cc(-c4ccccc4)nc(-c4ccccc4)n3)c2c1. The third-order valence-electron chi connectivity index (χ3n) is 8.46. The van der Waals surface area contributed by atoms with Gasteiger partial charge in [-0.2, -0.15) is 0 Å². The quantitative estimate of drug-likeness (QED) is 0.213. The average Bonchev–Trinajstić information content (AvgIpc) is 3.61. The fourth-order valence-corrected chi connectivity index (χ4v) is 7.71. The molecule has 3 nitrogen and oxygen atoms in total. The smallest absolute Gasteiger partial charge is 0.162 e. The van der Waals surface area contributed by atoms with Gasteiger partial charge in [0.15, 0.2) is 5.82 Å². The first kappa shape index (κ1) is 24.3. The van der Waals surface area contributed by atoms with E-state index in [2.05, 4.69) is 121 Å². The van der Waals surface area contributed by atoms with E-state index in [4.69, 9.17) is 9.97 Å². The summed E-state index contributed by atoms with van der Waals surface area (Å²) in [7, 11) is 0. The van der Waals surface area contributed by atoms with Crippen LogP contribution in [0.5, 0.6) is 0 Å². The molecule has 9 rings (SSSR count). The van der Waals surface area contributed by atoms with Crippen molar-refractivity contribution in [3.8, 4) is 28.5 Å². The highest BCUT2D eigenvalue weighted by molar-refractivity contribution is 7.26. The third kappa shape index (κ3) is 3.73. The Balaban J connectivity index is 1.45. The van der Waals surface area contributed by atoms with Gasteiger partial charge in [0.05, 0.1) is 16.7 Å². The summed E-state index contributed by atoms with van der Waals surface area (Å²) in [4.78, 5) is 10.3. The summed E-state index contributed by atoms with van der Waals surface area (Å²) in [5.74, 6) is 1.57. The highest BCUT2D eigenvalue weighted by atomic mass is 32.1. The van der Waals surface area contributed by atoms with Crippen LogP contribution >= 0.6 is 11.3 Å². The number of fused-ring (bicyclic) bond motifs is 9. The molecule has 0 aliphatic carbocycles. The number of hydrogen-bond donors (Lipinski definition) is 0. The molecule has 0 radical (unpaired) electrons. The number of hydrogen-bond acceptors (Lipinski definition) is 3. The molecule has 0 bridgehead atoms. The molecule has 0 aliphatic rings. The first-order valence-corrected chi connectivity index (χ1v) is 15.3. The van der Waals surface area contributed by atoms with Crippen LogP contribution in [0.15, 0.2) is 133 Å². The number of thiophene rings is 1. The largest absolute Gasteiger partial charge is 0.294 e. The van der Waals surface area contributed by atoms with Crippen LogP contribution in [0.1, 0.15) is 5.56 Å². The van der Waals surface area contributed by atoms with Crippen molar-refractivity contribution in [2.45, 2.75) is 6.92 Å². The van der Waals surface area contributed by atoms with Gasteiger partial charge in [-0.05, 0) is 42.0 Å². The van der Waals surface area contributed by atoms with Crippen LogP contribution in [-0.2, 0) is 0 Å². The second kappa shape index (κ2) is 9.35. The molecular formula is C39H25N3S. The van der Waals surface area contributed by atoms with Gasteiger partial charge in [0.2, 0.25) is 0 Å². The van der Waals surface area contributed by atoms with Gasteiger partial charge in [0, 0.05) is 48.1 Å². The highest BCUT2D eigenvalue weighted by Gasteiger charge is 2.21. The van der Waals surface area contributed by atoms with Gasteiger partial charge >= 0.3 is 0 Å². The van der Waals surface area contributed by atoms with E-state index in [1.807, 2.05) is 35.6 Å². The molecule has 3 heterocycles. The zero-order valence-electron chi connectivity index (χ0n) is 23.5. The van der Waals surface area contributed by atoms with E-state index in [0.717, 1.165) is 33.7 Å². The standard InChI is InChI=1S/C39H25N3S/c1-24-16-21-34-30(22-24)29-18-20-33-37(38(29)43-34)36-28-15-9-8-10-25(28)17-19-32(36)42(33)35-23-31(26-11-4-2-5-12-26)40-39(41-35)27-13-6-3-7-14-27/h2-23H,1H3. The molecule has 0 spiro atoms. The van der Waals surface area contributed by atoms with Crippen molar-refractivity contribution in [1.82, 2.24) is 14.5 Å². The fourth-order valence-electron chi connectivity index (χ4n) is 6.48. The van der Waals surface area contributed by atoms with Crippen molar-refractivity contribution < 1.29 is 0 Å². The molecule has 0 unspecified atom stereocenters. The molecule has 3 aromatic heterocycles. The molecule has 0 saturated carbocycles. The summed E-state index contributed by atoms with van der Waals surface area (Å²) in [5.41, 5.74) is 6.54. The summed E-state index contributed by atoms with van der Waals surface area (Å²) in [6.45, 7) is 2.17. The Kier molecular flexibility index (Phi) is 5.28. The maximum absolute atomic E-state index is 5.24. The molecule has 9 aromatic rings. The van der Waals surface area contributed by atoms with Crippen molar-refractivity contribution in [3.63, 3.8) is 0 Å². The highest BCUT2D eigenvalue weighted by Crippen LogP contribution is 2.45. The zero-order chi connectivity index (χ0) is 28.5. The summed E-state index contributed by atoms with van der Waals surface area (Å²) < 4.78 is 4.97. The van der Waals surface area contributed by atoms with Crippen molar-refractivity contribution in [3.05, 3.63) is 139 Å². The summed E-state index contributed by atoms with van der Waals surface area (Å²) >= 11 is 1.89. The fraction of sp³-hybridized carbons (Fsp3) is 0.0256. The lowest BCUT2D eigenvalue weighted by Gasteiger charge is -2.12. The van der Waals surface area contributed by atoms with Crippen LogP contribution in [0.25, 0.3) is 81.2 Å². The number of rotatable bonds is 3. The van der Waals surface area contributed by atoms with E-state index in [0.29, 0.717) is 5.82 Å². The summed E-state index contributed by atoms with van der Waals surface area (Å²) in [6.07, 6.45) is 0. The lowest BCUT2D eigenvalue weighted by Crippen LogP contribution is -2.02. The summed E-state index contributed by atoms with van der Waals surface area (Å²) in [6, 6.07) is 47.4. The molecular weight excluding hydrogens is 543 g/mol. The Morgan fingerprint density at radius 3 is 2.12 bits per heavy atom. The van der Waals surface area contributed by atoms with Crippen molar-refractivity contribution in [2.75, 3.05) is 0 Å². The lowest BCUT2D eigenvalue weighted by atomic mass is 10.0. The molecule has 0 fully saturated rings. The topological polar surface area (TPSA) is 30.7 Å². The van der Waals surface area contributed by atoms with Crippen molar-refractivity contribution in [2.24, 2.45) is 0 Å². The molecule has 6 aromatic carbocycles. The number of aryl methyl sites for hydroxylation is 1. The van der Waals surface area contributed by atoms with Gasteiger partial charge in [-0.25, -0.2) is 9.97 Å². The van der Waals surface area contributed by atoms with Gasteiger partial charge in [-0.1, -0.05) is 109 Å². The van der Waals surface area contributed by atoms with E-state index >= 15 is 0 Å². The van der Waals surface area contributed by atoms with Gasteiger partial charge in [0.1, 0.15) is 5.82 Å². The summed E-state index contributed by atoms with van der Waals surface area (Å²) in [5, 5.41) is 7.67. The lowest BCUT2D eigenvalue weighted by molar-refractivity contribution is 1.05. The minimum atomic E-state index is 0.714. The first-order valence-electron chi connectivity index (χ1n) is 14.5. The monoisotopic (exact) mass is 567 g/mol. The van der Waals surface area contributed by atoms with Gasteiger partial charge < -0.3 is 0 Å². The number of aromatic nitrogens is 3. The Morgan fingerprint density at radius 2 is 1.28 bits per heavy atom. The Morgan fingerprint density at radius 1 is 0.558 bits per heavy atom. The third-order valence-corrected chi connectivity index (χ3v) is 9.66. The molecule has 202 valence electrons. The van der Waals surface area contributed by atoms with E-state index in [9.17, 15) is 0 Å². The molecule has 43 heavy (non-hydrogen) atoms. The zero-order valence-corrected chi connectivity index (χ0v) is 24.3. The van der Waals surface area contributed by atoms with Gasteiger partial charge in [0.25, 0.3) is 0 Å². The van der Waals surface area contributed by atoms with E-state index in [1.165, 1.54) is 47.3 Å². The first-order chi connectivity index (χ1) is 21.2. The number of benzene rings is 6. The maximum Gasteiger partial charge on any atom is 0.162 e. The van der Waals surface area contributed by atoms with Crippen LogP contribution in [0.3, 0.4) is 0 Å². The van der Waals surface area contributed by atoms with Crippen LogP contribution in [0.4, 0.5) is 0 Å². The van der Waals surface area contributed by atoms with Crippen LogP contribution in [0.2, 0.25) is 0 Å². The second-order valence-corrected chi connectivity index (χ2v) is 12.2. The molecule has 0 saturated heterocycles. The second-order valence-electron chi connectivity index (χ2n) is 11.1. The predicted octanol–water partition coefficient (Wildman–Crippen LogP) is 10.7. The van der Waals surface area contributed by atoms with E-state index in [1.54, 1.807) is 0 Å². The molecule has 0 atom stereocenters. The van der Waals surface area contributed by atoms with Crippen molar-refractivity contribution >= 4 is 64.1 Å². The Bertz CT molecular complexity index is 2450. The average molecular weight is 568 g/mol. The molecule has 0 N–H and O–H groups in total. The maximum atomic E-state index is 5.24. The molecule has 0 aliphatic heterocycles. The van der Waals surface area contributed by atoms with E-state index < -0.39 is 0 Å². The molecule has 0 amide bonds. The normalized spacial score (nSPS) is 11.8. The van der Waals surface area contributed by atoms with Crippen LogP contribution in [-0.4, -0.2) is 14.5 Å². The minimum absolute atomic E-state index is 0.714. The Hall–Kier alpha value is -5.32. The minimum Gasteiger partial charge on any atom is -0.294 e. The molecule has 4 heteroatoms. The van der Waals surface area contributed by atoms with E-state index in [-0.39, 0.29) is 0 Å². The van der Waals surface area contributed by atoms with Crippen molar-refractivity contribution in [1.29, 1.82) is 0 Å². The predicted molar refractivity (Wildman–Crippen MR) is 182 cm³/mol. The van der Waals surface area contributed by atoms with Crippen LogP contribution < -0.4 is 0 Å².